The molecule has 11 heavy (non-hydrogen) atoms. The number of amides is 1. The van der Waals surface area contributed by atoms with Gasteiger partial charge in [0.05, 0.1) is 6.61 Å². The van der Waals surface area contributed by atoms with Crippen molar-refractivity contribution in [3.63, 3.8) is 0 Å². The predicted molar refractivity (Wildman–Crippen MR) is 39.9 cm³/mol. The first-order valence-corrected chi connectivity index (χ1v) is 3.58. The maximum absolute atomic E-state index is 10.8. The Morgan fingerprint density at radius 2 is 2.36 bits per heavy atom. The summed E-state index contributed by atoms with van der Waals surface area (Å²) in [5, 5.41) is 2.30. The van der Waals surface area contributed by atoms with E-state index in [1.165, 1.54) is 0 Å². The number of rotatable bonds is 5. The number of carbonyl (C=O) groups excluding carboxylic acids is 2. The van der Waals surface area contributed by atoms with E-state index in [9.17, 15) is 9.59 Å². The molecule has 0 rings (SSSR count). The van der Waals surface area contributed by atoms with Gasteiger partial charge in [-0.05, 0) is 13.3 Å². The highest BCUT2D eigenvalue weighted by Crippen LogP contribution is 1.87. The molecule has 1 atom stereocenters. The highest BCUT2D eigenvalue weighted by Gasteiger charge is 2.11. The summed E-state index contributed by atoms with van der Waals surface area (Å²) in [6.45, 7) is 3.89. The monoisotopic (exact) mass is 159 g/mol. The molecule has 1 amide bonds. The quantitative estimate of drug-likeness (QED) is 0.456. The number of nitrogens with one attached hydrogen (secondary N) is 1. The fraction of sp³-hybridized carbons (Fsp3) is 0.714. The second-order valence-electron chi connectivity index (χ2n) is 2.17. The molecule has 1 N–H and O–H groups in total. The van der Waals surface area contributed by atoms with Gasteiger partial charge in [-0.2, -0.15) is 0 Å². The van der Waals surface area contributed by atoms with Gasteiger partial charge in [-0.3, -0.25) is 4.79 Å². The van der Waals surface area contributed by atoms with Gasteiger partial charge < -0.3 is 10.1 Å². The first kappa shape index (κ1) is 9.94. The van der Waals surface area contributed by atoms with Crippen LogP contribution in [0.3, 0.4) is 0 Å². The van der Waals surface area contributed by atoms with E-state index < -0.39 is 6.04 Å². The molecule has 0 spiro atoms. The van der Waals surface area contributed by atoms with E-state index in [1.54, 1.807) is 6.92 Å². The number of hydrogen-bond acceptors (Lipinski definition) is 3. The standard InChI is InChI=1S/C7H13NO3/c1-3-4-11-7(10)6(2)8-5-9/h5-6H,3-4H2,1-2H3,(H,8,9)/t6-/m0/s1. The Bertz CT molecular complexity index is 136. The summed E-state index contributed by atoms with van der Waals surface area (Å²) in [4.78, 5) is 20.7. The minimum atomic E-state index is -0.543. The summed E-state index contributed by atoms with van der Waals surface area (Å²) < 4.78 is 4.75. The lowest BCUT2D eigenvalue weighted by molar-refractivity contribution is -0.146. The third-order valence-electron chi connectivity index (χ3n) is 1.12. The van der Waals surface area contributed by atoms with E-state index in [2.05, 4.69) is 5.32 Å². The summed E-state index contributed by atoms with van der Waals surface area (Å²) in [6.07, 6.45) is 1.28. The molecule has 0 saturated heterocycles. The molecule has 0 aliphatic carbocycles. The van der Waals surface area contributed by atoms with Crippen LogP contribution in [0.4, 0.5) is 0 Å². The van der Waals surface area contributed by atoms with E-state index in [-0.39, 0.29) is 5.97 Å². The highest BCUT2D eigenvalue weighted by atomic mass is 16.5. The van der Waals surface area contributed by atoms with Crippen molar-refractivity contribution in [2.24, 2.45) is 0 Å². The molecule has 0 aromatic rings. The van der Waals surface area contributed by atoms with Gasteiger partial charge in [0.15, 0.2) is 0 Å². The Hall–Kier alpha value is -1.06. The minimum Gasteiger partial charge on any atom is -0.464 e. The van der Waals surface area contributed by atoms with Crippen LogP contribution in [-0.4, -0.2) is 25.0 Å². The molecule has 64 valence electrons. The van der Waals surface area contributed by atoms with Crippen molar-refractivity contribution in [1.82, 2.24) is 5.32 Å². The van der Waals surface area contributed by atoms with Crippen LogP contribution in [0, 0.1) is 0 Å². The van der Waals surface area contributed by atoms with E-state index in [1.807, 2.05) is 6.92 Å². The van der Waals surface area contributed by atoms with Gasteiger partial charge in [0.25, 0.3) is 0 Å². The molecule has 0 radical (unpaired) electrons. The van der Waals surface area contributed by atoms with Gasteiger partial charge in [0.1, 0.15) is 6.04 Å². The van der Waals surface area contributed by atoms with E-state index >= 15 is 0 Å². The summed E-state index contributed by atoms with van der Waals surface area (Å²) in [5.74, 6) is -0.390. The molecule has 0 aliphatic heterocycles. The molecule has 0 fully saturated rings. The van der Waals surface area contributed by atoms with E-state index in [4.69, 9.17) is 4.74 Å². The van der Waals surface area contributed by atoms with Gasteiger partial charge in [0.2, 0.25) is 6.41 Å². The lowest BCUT2D eigenvalue weighted by Crippen LogP contribution is -2.34. The van der Waals surface area contributed by atoms with Crippen LogP contribution >= 0.6 is 0 Å². The smallest absolute Gasteiger partial charge is 0.328 e. The third-order valence-corrected chi connectivity index (χ3v) is 1.12. The Morgan fingerprint density at radius 3 is 2.82 bits per heavy atom. The van der Waals surface area contributed by atoms with E-state index in [0.29, 0.717) is 13.0 Å². The fourth-order valence-electron chi connectivity index (χ4n) is 0.498. The average Bonchev–Trinajstić information content (AvgIpc) is 2.00. The molecule has 0 saturated carbocycles. The number of carbonyl (C=O) groups is 2. The van der Waals surface area contributed by atoms with Gasteiger partial charge in [-0.15, -0.1) is 0 Å². The summed E-state index contributed by atoms with van der Waals surface area (Å²) in [6, 6.07) is -0.543. The Labute approximate surface area is 65.9 Å². The molecule has 0 aliphatic rings. The SMILES string of the molecule is CCCOC(=O)[C@H](C)NC=O. The largest absolute Gasteiger partial charge is 0.464 e. The minimum absolute atomic E-state index is 0.390. The van der Waals surface area contributed by atoms with Crippen LogP contribution in [0.15, 0.2) is 0 Å². The van der Waals surface area contributed by atoms with Crippen LogP contribution in [0.2, 0.25) is 0 Å². The third kappa shape index (κ3) is 4.36. The molecular weight excluding hydrogens is 146 g/mol. The van der Waals surface area contributed by atoms with Crippen LogP contribution < -0.4 is 5.32 Å². The van der Waals surface area contributed by atoms with Crippen molar-refractivity contribution in [1.29, 1.82) is 0 Å². The molecule has 4 heteroatoms. The van der Waals surface area contributed by atoms with Crippen molar-refractivity contribution < 1.29 is 14.3 Å². The second kappa shape index (κ2) is 5.70. The van der Waals surface area contributed by atoms with E-state index in [0.717, 1.165) is 6.42 Å². The van der Waals surface area contributed by atoms with Crippen molar-refractivity contribution in [3.8, 4) is 0 Å². The van der Waals surface area contributed by atoms with Crippen LogP contribution in [0.5, 0.6) is 0 Å². The molecule has 0 unspecified atom stereocenters. The predicted octanol–water partition coefficient (Wildman–Crippen LogP) is 0.0741. The Morgan fingerprint density at radius 1 is 1.73 bits per heavy atom. The van der Waals surface area contributed by atoms with Crippen molar-refractivity contribution in [3.05, 3.63) is 0 Å². The van der Waals surface area contributed by atoms with Gasteiger partial charge in [-0.25, -0.2) is 4.79 Å². The Kier molecular flexibility index (Phi) is 5.15. The molecule has 0 aromatic carbocycles. The van der Waals surface area contributed by atoms with Gasteiger partial charge in [-0.1, -0.05) is 6.92 Å². The topological polar surface area (TPSA) is 55.4 Å². The maximum Gasteiger partial charge on any atom is 0.328 e. The zero-order valence-corrected chi connectivity index (χ0v) is 6.79. The van der Waals surface area contributed by atoms with Crippen LogP contribution in [0.25, 0.3) is 0 Å². The zero-order valence-electron chi connectivity index (χ0n) is 6.79. The van der Waals surface area contributed by atoms with Crippen LogP contribution in [-0.2, 0) is 14.3 Å². The first-order chi connectivity index (χ1) is 5.22. The second-order valence-corrected chi connectivity index (χ2v) is 2.17. The lowest BCUT2D eigenvalue weighted by Gasteiger charge is -2.08. The average molecular weight is 159 g/mol. The highest BCUT2D eigenvalue weighted by molar-refractivity contribution is 5.77. The van der Waals surface area contributed by atoms with Crippen molar-refractivity contribution in [2.75, 3.05) is 6.61 Å². The van der Waals surface area contributed by atoms with Gasteiger partial charge in [0, 0.05) is 0 Å². The molecular formula is C7H13NO3. The maximum atomic E-state index is 10.8. The molecule has 0 heterocycles. The first-order valence-electron chi connectivity index (χ1n) is 3.58. The normalized spacial score (nSPS) is 11.8. The summed E-state index contributed by atoms with van der Waals surface area (Å²) in [5.41, 5.74) is 0. The summed E-state index contributed by atoms with van der Waals surface area (Å²) >= 11 is 0. The molecule has 4 nitrogen and oxygen atoms in total. The number of esters is 1. The van der Waals surface area contributed by atoms with Crippen molar-refractivity contribution >= 4 is 12.4 Å². The summed E-state index contributed by atoms with van der Waals surface area (Å²) in [7, 11) is 0. The van der Waals surface area contributed by atoms with Crippen molar-refractivity contribution in [2.45, 2.75) is 26.3 Å². The van der Waals surface area contributed by atoms with Crippen LogP contribution in [0.1, 0.15) is 20.3 Å². The molecule has 0 aromatic heterocycles. The molecule has 0 bridgehead atoms. The fourth-order valence-corrected chi connectivity index (χ4v) is 0.498. The number of hydrogen-bond donors (Lipinski definition) is 1. The zero-order chi connectivity index (χ0) is 8.69. The van der Waals surface area contributed by atoms with Gasteiger partial charge >= 0.3 is 5.97 Å². The lowest BCUT2D eigenvalue weighted by atomic mass is 10.3. The Balaban J connectivity index is 3.54. The number of ether oxygens (including phenoxy) is 1.